The number of urea groups is 2. The maximum absolute atomic E-state index is 14.5. The molecule has 1 saturated heterocycles. The van der Waals surface area contributed by atoms with Crippen LogP contribution in [0, 0.1) is 17.2 Å². The van der Waals surface area contributed by atoms with Gasteiger partial charge in [0.25, 0.3) is 5.91 Å². The first-order valence-corrected chi connectivity index (χ1v) is 16.2. The van der Waals surface area contributed by atoms with Crippen LogP contribution in [-0.4, -0.2) is 93.6 Å². The third-order valence-corrected chi connectivity index (χ3v) is 8.98. The minimum atomic E-state index is -1.25. The molecule has 2 fully saturated rings. The Morgan fingerprint density at radius 1 is 0.957 bits per heavy atom. The van der Waals surface area contributed by atoms with Crippen LogP contribution in [0.4, 0.5) is 14.0 Å². The van der Waals surface area contributed by atoms with Crippen LogP contribution in [0.2, 0.25) is 0 Å². The van der Waals surface area contributed by atoms with Crippen molar-refractivity contribution < 1.29 is 33.2 Å². The number of Topliss-reactive ketones (excluding diaryl/α,β-unsaturated/α-hetero) is 1. The summed E-state index contributed by atoms with van der Waals surface area (Å²) in [6, 6.07) is 0.177. The molecular formula is C33H48FN7O6. The van der Waals surface area contributed by atoms with E-state index in [1.165, 1.54) is 20.8 Å². The summed E-state index contributed by atoms with van der Waals surface area (Å²) in [6.45, 7) is 10.8. The number of hydrogen-bond acceptors (Lipinski definition) is 6. The van der Waals surface area contributed by atoms with E-state index in [-0.39, 0.29) is 45.1 Å². The molecule has 1 aromatic rings. The van der Waals surface area contributed by atoms with Gasteiger partial charge in [-0.2, -0.15) is 0 Å². The van der Waals surface area contributed by atoms with E-state index in [9.17, 15) is 33.2 Å². The van der Waals surface area contributed by atoms with Crippen molar-refractivity contribution >= 4 is 35.6 Å². The van der Waals surface area contributed by atoms with Gasteiger partial charge in [-0.3, -0.25) is 19.2 Å². The zero-order valence-corrected chi connectivity index (χ0v) is 28.2. The number of piperazine rings is 1. The maximum atomic E-state index is 14.5. The van der Waals surface area contributed by atoms with Gasteiger partial charge in [0.2, 0.25) is 17.6 Å². The number of hydrogen-bond donors (Lipinski definition) is 4. The number of amides is 7. The van der Waals surface area contributed by atoms with Crippen molar-refractivity contribution in [3.8, 4) is 0 Å². The first-order valence-electron chi connectivity index (χ1n) is 16.2. The second kappa shape index (κ2) is 13.9. The molecule has 1 aromatic carbocycles. The van der Waals surface area contributed by atoms with E-state index in [1.807, 2.05) is 41.5 Å². The van der Waals surface area contributed by atoms with Crippen molar-refractivity contribution in [3.63, 3.8) is 0 Å². The number of nitrogens with two attached hydrogens (primary N) is 1. The summed E-state index contributed by atoms with van der Waals surface area (Å²) in [5.41, 5.74) is 5.11. The van der Waals surface area contributed by atoms with Crippen LogP contribution in [0.5, 0.6) is 0 Å². The second-order valence-corrected chi connectivity index (χ2v) is 15.0. The van der Waals surface area contributed by atoms with Gasteiger partial charge in [-0.05, 0) is 50.2 Å². The number of carbonyl (C=O) groups is 6. The van der Waals surface area contributed by atoms with Crippen LogP contribution in [0.25, 0.3) is 0 Å². The fourth-order valence-corrected chi connectivity index (χ4v) is 6.21. The minimum Gasteiger partial charge on any atom is -0.363 e. The number of benzene rings is 1. The predicted molar refractivity (Wildman–Crippen MR) is 171 cm³/mol. The number of carbonyl (C=O) groups excluding carboxylic acids is 6. The lowest BCUT2D eigenvalue weighted by Gasteiger charge is -2.44. The molecule has 47 heavy (non-hydrogen) atoms. The van der Waals surface area contributed by atoms with E-state index < -0.39 is 70.5 Å². The number of ketones is 1. The van der Waals surface area contributed by atoms with Crippen molar-refractivity contribution in [1.82, 2.24) is 30.7 Å². The molecule has 0 spiro atoms. The first-order chi connectivity index (χ1) is 21.9. The van der Waals surface area contributed by atoms with Gasteiger partial charge in [0.05, 0.1) is 19.1 Å². The lowest BCUT2D eigenvalue weighted by Crippen LogP contribution is -2.67. The van der Waals surface area contributed by atoms with Crippen molar-refractivity contribution in [2.75, 3.05) is 19.6 Å². The highest BCUT2D eigenvalue weighted by atomic mass is 19.1. The molecule has 2 aliphatic heterocycles. The molecule has 3 aliphatic rings. The number of rotatable bonds is 8. The molecule has 5 N–H and O–H groups in total. The summed E-state index contributed by atoms with van der Waals surface area (Å²) in [5.74, 6) is -3.56. The Balaban J connectivity index is 1.60. The van der Waals surface area contributed by atoms with Crippen LogP contribution in [-0.2, 0) is 32.3 Å². The molecule has 4 rings (SSSR count). The Kier molecular flexibility index (Phi) is 10.5. The van der Waals surface area contributed by atoms with E-state index in [4.69, 9.17) is 5.73 Å². The second-order valence-electron chi connectivity index (χ2n) is 15.0. The third kappa shape index (κ3) is 8.58. The minimum absolute atomic E-state index is 0.0116. The number of halogens is 1. The molecule has 2 heterocycles. The predicted octanol–water partition coefficient (Wildman–Crippen LogP) is 2.02. The Morgan fingerprint density at radius 3 is 2.19 bits per heavy atom. The van der Waals surface area contributed by atoms with Gasteiger partial charge in [-0.25, -0.2) is 14.0 Å². The Morgan fingerprint density at radius 2 is 1.64 bits per heavy atom. The first kappa shape index (κ1) is 35.6. The molecule has 0 aromatic heterocycles. The van der Waals surface area contributed by atoms with Gasteiger partial charge in [-0.1, -0.05) is 52.2 Å². The zero-order valence-electron chi connectivity index (χ0n) is 28.2. The lowest BCUT2D eigenvalue weighted by atomic mass is 9.80. The molecule has 13 nitrogen and oxygen atoms in total. The molecule has 258 valence electrons. The van der Waals surface area contributed by atoms with Crippen molar-refractivity contribution in [2.24, 2.45) is 17.1 Å². The third-order valence-electron chi connectivity index (χ3n) is 8.98. The fourth-order valence-electron chi connectivity index (χ4n) is 6.21. The number of primary amides is 1. The van der Waals surface area contributed by atoms with Crippen LogP contribution >= 0.6 is 0 Å². The fraction of sp³-hybridized carbons (Fsp3) is 0.636. The van der Waals surface area contributed by atoms with E-state index in [0.29, 0.717) is 11.1 Å². The van der Waals surface area contributed by atoms with Gasteiger partial charge in [0, 0.05) is 30.7 Å². The highest BCUT2D eigenvalue weighted by Crippen LogP contribution is 2.31. The smallest absolute Gasteiger partial charge is 0.321 e. The van der Waals surface area contributed by atoms with E-state index in [2.05, 4.69) is 16.0 Å². The summed E-state index contributed by atoms with van der Waals surface area (Å²) in [7, 11) is 0. The summed E-state index contributed by atoms with van der Waals surface area (Å²) in [4.78, 5) is 83.6. The van der Waals surface area contributed by atoms with Crippen LogP contribution in [0.1, 0.15) is 78.4 Å². The molecule has 14 heteroatoms. The highest BCUT2D eigenvalue weighted by molar-refractivity contribution is 6.37. The summed E-state index contributed by atoms with van der Waals surface area (Å²) in [5, 5.41) is 8.24. The van der Waals surface area contributed by atoms with E-state index in [1.54, 1.807) is 12.1 Å². The number of fused-ring (bicyclic) bond motifs is 1. The Hall–Kier alpha value is -4.23. The molecule has 2 unspecified atom stereocenters. The summed E-state index contributed by atoms with van der Waals surface area (Å²) >= 11 is 0. The van der Waals surface area contributed by atoms with Crippen molar-refractivity contribution in [2.45, 2.75) is 104 Å². The van der Waals surface area contributed by atoms with Gasteiger partial charge in [-0.15, -0.1) is 0 Å². The van der Waals surface area contributed by atoms with Gasteiger partial charge < -0.3 is 36.4 Å². The van der Waals surface area contributed by atoms with Crippen LogP contribution < -0.4 is 21.7 Å². The van der Waals surface area contributed by atoms with E-state index >= 15 is 0 Å². The van der Waals surface area contributed by atoms with E-state index in [0.717, 1.165) is 19.3 Å². The largest absolute Gasteiger partial charge is 0.363 e. The van der Waals surface area contributed by atoms with Crippen molar-refractivity contribution in [1.29, 1.82) is 0 Å². The van der Waals surface area contributed by atoms with Gasteiger partial charge in [0.15, 0.2) is 0 Å². The molecule has 7 amide bonds. The topological polar surface area (TPSA) is 174 Å². The van der Waals surface area contributed by atoms with Gasteiger partial charge in [0.1, 0.15) is 17.9 Å². The van der Waals surface area contributed by atoms with Crippen LogP contribution in [0.15, 0.2) is 18.2 Å². The number of nitrogens with one attached hydrogen (secondary N) is 3. The van der Waals surface area contributed by atoms with Crippen LogP contribution in [0.3, 0.4) is 0 Å². The summed E-state index contributed by atoms with van der Waals surface area (Å²) in [6.07, 6.45) is 2.92. The monoisotopic (exact) mass is 657 g/mol. The average molecular weight is 658 g/mol. The molecule has 0 bridgehead atoms. The molecule has 0 radical (unpaired) electrons. The molecule has 1 aliphatic carbocycles. The standard InChI is InChI=1S/C33H48FN7O6/c1-32(2,3)26(37-30(46)38-33(4,5)6)29(45)39-13-14-41(31(47)40-16-20-11-8-12-22(34)21(20)17-40)24(18-39)28(44)36-23(25(42)27(35)43)15-19-9-7-10-19/h8,11-12,19,23-24,26H,7,9-10,13-18H2,1-6H3,(H2,35,43)(H,36,44)(H2,37,38,46)/t23?,24?,26-/m1/s1. The SMILES string of the molecule is CC(C)(C)NC(=O)N[C@H](C(=O)N1CCN(C(=O)N2Cc3cccc(F)c3C2)C(C(=O)NC(CC2CCC2)C(=O)C(N)=O)C1)C(C)(C)C. The number of nitrogens with zero attached hydrogens (tertiary/aromatic N) is 3. The Bertz CT molecular complexity index is 1420. The molecular weight excluding hydrogens is 609 g/mol. The summed E-state index contributed by atoms with van der Waals surface area (Å²) < 4.78 is 14.5. The zero-order chi connectivity index (χ0) is 34.8. The molecule has 3 atom stereocenters. The lowest BCUT2D eigenvalue weighted by molar-refractivity contribution is -0.142. The quantitative estimate of drug-likeness (QED) is 0.311. The van der Waals surface area contributed by atoms with Crippen molar-refractivity contribution in [3.05, 3.63) is 35.1 Å². The van der Waals surface area contributed by atoms with Gasteiger partial charge >= 0.3 is 12.1 Å². The average Bonchev–Trinajstić information content (AvgIpc) is 3.40. The molecule has 1 saturated carbocycles. The normalized spacial score (nSPS) is 19.6. The highest BCUT2D eigenvalue weighted by Gasteiger charge is 2.44. The Labute approximate surface area is 275 Å². The maximum Gasteiger partial charge on any atom is 0.321 e.